The second-order valence-electron chi connectivity index (χ2n) is 4.59. The van der Waals surface area contributed by atoms with Crippen molar-refractivity contribution in [1.82, 2.24) is 10.0 Å². The summed E-state index contributed by atoms with van der Waals surface area (Å²) in [4.78, 5) is 12.2. The van der Waals surface area contributed by atoms with E-state index < -0.39 is 10.0 Å². The van der Waals surface area contributed by atoms with Gasteiger partial charge in [-0.1, -0.05) is 0 Å². The fourth-order valence-electron chi connectivity index (χ4n) is 2.01. The van der Waals surface area contributed by atoms with Crippen LogP contribution in [0.25, 0.3) is 0 Å². The van der Waals surface area contributed by atoms with Crippen molar-refractivity contribution < 1.29 is 13.2 Å². The highest BCUT2D eigenvalue weighted by atomic mass is 32.2. The average Bonchev–Trinajstić information content (AvgIpc) is 2.48. The lowest BCUT2D eigenvalue weighted by Gasteiger charge is -2.22. The van der Waals surface area contributed by atoms with E-state index in [0.29, 0.717) is 5.56 Å². The maximum absolute atomic E-state index is 12.1. The maximum Gasteiger partial charge on any atom is 0.251 e. The molecule has 1 heterocycles. The molecular formula is C13H18N2O3S2. The third-order valence-corrected chi connectivity index (χ3v) is 5.73. The van der Waals surface area contributed by atoms with Gasteiger partial charge in [0, 0.05) is 11.6 Å². The van der Waals surface area contributed by atoms with Crippen molar-refractivity contribution in [2.75, 3.05) is 18.6 Å². The van der Waals surface area contributed by atoms with Crippen molar-refractivity contribution in [3.05, 3.63) is 29.8 Å². The van der Waals surface area contributed by atoms with E-state index in [1.54, 1.807) is 0 Å². The molecule has 0 unspecified atom stereocenters. The predicted octanol–water partition coefficient (Wildman–Crippen LogP) is 1.22. The SMILES string of the molecule is CNS(=O)(=O)c1ccc(C(=O)NC2CCSCC2)cc1. The van der Waals surface area contributed by atoms with Crippen LogP contribution in [0, 0.1) is 0 Å². The molecule has 0 spiro atoms. The molecular weight excluding hydrogens is 296 g/mol. The number of hydrogen-bond acceptors (Lipinski definition) is 4. The maximum atomic E-state index is 12.1. The Bertz CT molecular complexity index is 564. The Morgan fingerprint density at radius 3 is 2.35 bits per heavy atom. The number of carbonyl (C=O) groups is 1. The van der Waals surface area contributed by atoms with Gasteiger partial charge in [0.1, 0.15) is 0 Å². The van der Waals surface area contributed by atoms with Gasteiger partial charge in [-0.15, -0.1) is 0 Å². The monoisotopic (exact) mass is 314 g/mol. The lowest BCUT2D eigenvalue weighted by molar-refractivity contribution is 0.0934. The number of rotatable bonds is 4. The van der Waals surface area contributed by atoms with E-state index in [2.05, 4.69) is 10.0 Å². The molecule has 0 saturated carbocycles. The van der Waals surface area contributed by atoms with E-state index in [1.807, 2.05) is 11.8 Å². The molecule has 1 aromatic carbocycles. The largest absolute Gasteiger partial charge is 0.349 e. The fraction of sp³-hybridized carbons (Fsp3) is 0.462. The van der Waals surface area contributed by atoms with Crippen LogP contribution in [-0.2, 0) is 10.0 Å². The summed E-state index contributed by atoms with van der Waals surface area (Å²) in [5.41, 5.74) is 0.485. The summed E-state index contributed by atoms with van der Waals surface area (Å²) in [6.45, 7) is 0. The molecule has 7 heteroatoms. The topological polar surface area (TPSA) is 75.3 Å². The Morgan fingerprint density at radius 2 is 1.80 bits per heavy atom. The first-order chi connectivity index (χ1) is 9.53. The summed E-state index contributed by atoms with van der Waals surface area (Å²) in [5, 5.41) is 2.99. The van der Waals surface area contributed by atoms with Gasteiger partial charge < -0.3 is 5.32 Å². The Balaban J connectivity index is 2.04. The van der Waals surface area contributed by atoms with Crippen molar-refractivity contribution >= 4 is 27.7 Å². The first-order valence-corrected chi connectivity index (χ1v) is 9.09. The number of sulfonamides is 1. The van der Waals surface area contributed by atoms with Crippen LogP contribution in [-0.4, -0.2) is 38.9 Å². The normalized spacial score (nSPS) is 16.9. The van der Waals surface area contributed by atoms with Gasteiger partial charge in [0.25, 0.3) is 5.91 Å². The summed E-state index contributed by atoms with van der Waals surface area (Å²) in [6.07, 6.45) is 1.98. The Labute approximate surface area is 123 Å². The molecule has 2 N–H and O–H groups in total. The van der Waals surface area contributed by atoms with Crippen LogP contribution in [0.4, 0.5) is 0 Å². The average molecular weight is 314 g/mol. The first kappa shape index (κ1) is 15.3. The Kier molecular flexibility index (Phi) is 5.06. The van der Waals surface area contributed by atoms with Crippen LogP contribution >= 0.6 is 11.8 Å². The standard InChI is InChI=1S/C13H18N2O3S2/c1-14-20(17,18)12-4-2-10(3-5-12)13(16)15-11-6-8-19-9-7-11/h2-5,11,14H,6-9H2,1H3,(H,15,16). The van der Waals surface area contributed by atoms with E-state index in [4.69, 9.17) is 0 Å². The minimum atomic E-state index is -3.45. The second kappa shape index (κ2) is 6.60. The number of benzene rings is 1. The van der Waals surface area contributed by atoms with Gasteiger partial charge in [-0.25, -0.2) is 13.1 Å². The molecule has 1 aliphatic rings. The third-order valence-electron chi connectivity index (χ3n) is 3.25. The number of hydrogen-bond donors (Lipinski definition) is 2. The second-order valence-corrected chi connectivity index (χ2v) is 7.70. The molecule has 0 bridgehead atoms. The van der Waals surface area contributed by atoms with Gasteiger partial charge in [0.15, 0.2) is 0 Å². The summed E-state index contributed by atoms with van der Waals surface area (Å²) in [7, 11) is -2.09. The Hall–Kier alpha value is -1.05. The van der Waals surface area contributed by atoms with Crippen molar-refractivity contribution in [2.45, 2.75) is 23.8 Å². The molecule has 0 aliphatic carbocycles. The number of carbonyl (C=O) groups excluding carboxylic acids is 1. The van der Waals surface area contributed by atoms with Crippen LogP contribution in [0.3, 0.4) is 0 Å². The van der Waals surface area contributed by atoms with Crippen molar-refractivity contribution in [2.24, 2.45) is 0 Å². The van der Waals surface area contributed by atoms with Crippen LogP contribution < -0.4 is 10.0 Å². The van der Waals surface area contributed by atoms with Crippen LogP contribution in [0.1, 0.15) is 23.2 Å². The summed E-state index contributed by atoms with van der Waals surface area (Å²) >= 11 is 1.90. The van der Waals surface area contributed by atoms with Crippen molar-refractivity contribution in [3.63, 3.8) is 0 Å². The van der Waals surface area contributed by atoms with Gasteiger partial charge >= 0.3 is 0 Å². The van der Waals surface area contributed by atoms with Gasteiger partial charge in [-0.05, 0) is 55.7 Å². The third kappa shape index (κ3) is 3.74. The van der Waals surface area contributed by atoms with Crippen LogP contribution in [0.5, 0.6) is 0 Å². The molecule has 2 rings (SSSR count). The number of thioether (sulfide) groups is 1. The van der Waals surface area contributed by atoms with E-state index in [1.165, 1.54) is 31.3 Å². The minimum absolute atomic E-state index is 0.143. The highest BCUT2D eigenvalue weighted by Crippen LogP contribution is 2.17. The molecule has 1 amide bonds. The predicted molar refractivity (Wildman–Crippen MR) is 80.5 cm³/mol. The fourth-order valence-corrected chi connectivity index (χ4v) is 3.85. The summed E-state index contributed by atoms with van der Waals surface area (Å²) in [5.74, 6) is 2.00. The highest BCUT2D eigenvalue weighted by Gasteiger charge is 2.17. The number of amides is 1. The zero-order chi connectivity index (χ0) is 14.6. The summed E-state index contributed by atoms with van der Waals surface area (Å²) in [6, 6.07) is 6.19. The van der Waals surface area contributed by atoms with Crippen LogP contribution in [0.15, 0.2) is 29.2 Å². The van der Waals surface area contributed by atoms with Crippen molar-refractivity contribution in [1.29, 1.82) is 0 Å². The smallest absolute Gasteiger partial charge is 0.251 e. The zero-order valence-corrected chi connectivity index (χ0v) is 12.9. The quantitative estimate of drug-likeness (QED) is 0.876. The van der Waals surface area contributed by atoms with Crippen molar-refractivity contribution in [3.8, 4) is 0 Å². The van der Waals surface area contributed by atoms with Gasteiger partial charge in [-0.3, -0.25) is 4.79 Å². The molecule has 0 atom stereocenters. The molecule has 1 fully saturated rings. The van der Waals surface area contributed by atoms with E-state index in [0.717, 1.165) is 24.3 Å². The highest BCUT2D eigenvalue weighted by molar-refractivity contribution is 7.99. The van der Waals surface area contributed by atoms with Gasteiger partial charge in [-0.2, -0.15) is 11.8 Å². The Morgan fingerprint density at radius 1 is 1.20 bits per heavy atom. The molecule has 5 nitrogen and oxygen atoms in total. The minimum Gasteiger partial charge on any atom is -0.349 e. The molecule has 0 aromatic heterocycles. The van der Waals surface area contributed by atoms with E-state index in [9.17, 15) is 13.2 Å². The lowest BCUT2D eigenvalue weighted by Crippen LogP contribution is -2.37. The molecule has 110 valence electrons. The molecule has 0 radical (unpaired) electrons. The molecule has 1 aliphatic heterocycles. The molecule has 1 aromatic rings. The lowest BCUT2D eigenvalue weighted by atomic mass is 10.1. The number of nitrogens with one attached hydrogen (secondary N) is 2. The van der Waals surface area contributed by atoms with E-state index in [-0.39, 0.29) is 16.8 Å². The van der Waals surface area contributed by atoms with Gasteiger partial charge in [0.05, 0.1) is 4.90 Å². The molecule has 1 saturated heterocycles. The van der Waals surface area contributed by atoms with E-state index >= 15 is 0 Å². The first-order valence-electron chi connectivity index (χ1n) is 6.45. The summed E-state index contributed by atoms with van der Waals surface area (Å²) < 4.78 is 25.4. The zero-order valence-electron chi connectivity index (χ0n) is 11.3. The van der Waals surface area contributed by atoms with Crippen LogP contribution in [0.2, 0.25) is 0 Å². The van der Waals surface area contributed by atoms with Gasteiger partial charge in [0.2, 0.25) is 10.0 Å². The molecule has 20 heavy (non-hydrogen) atoms.